The Hall–Kier alpha value is -2.02. The lowest BCUT2D eigenvalue weighted by atomic mass is 10.2. The molecule has 0 saturated carbocycles. The molecular weight excluding hydrogens is 314 g/mol. The largest absolute Gasteiger partial charge is 0.340 e. The van der Waals surface area contributed by atoms with Crippen molar-refractivity contribution in [1.82, 2.24) is 10.2 Å². The van der Waals surface area contributed by atoms with Crippen molar-refractivity contribution >= 4 is 35.4 Å². The van der Waals surface area contributed by atoms with Crippen molar-refractivity contribution in [2.24, 2.45) is 0 Å². The molecule has 1 aromatic carbocycles. The number of carbonyl (C=O) groups excluding carboxylic acids is 3. The molecule has 1 aliphatic rings. The van der Waals surface area contributed by atoms with Crippen LogP contribution in [0.3, 0.4) is 0 Å². The average molecular weight is 335 g/mol. The lowest BCUT2D eigenvalue weighted by Crippen LogP contribution is -2.49. The van der Waals surface area contributed by atoms with Gasteiger partial charge in [0.15, 0.2) is 0 Å². The van der Waals surface area contributed by atoms with Crippen molar-refractivity contribution in [2.45, 2.75) is 31.6 Å². The van der Waals surface area contributed by atoms with Crippen LogP contribution in [0.4, 0.5) is 15.3 Å². The Kier molecular flexibility index (Phi) is 5.65. The Bertz CT molecular complexity index is 593. The molecule has 1 fully saturated rings. The van der Waals surface area contributed by atoms with Gasteiger partial charge in [0.1, 0.15) is 6.04 Å². The first-order valence-electron chi connectivity index (χ1n) is 7.55. The van der Waals surface area contributed by atoms with Gasteiger partial charge in [0.05, 0.1) is 5.69 Å². The van der Waals surface area contributed by atoms with Gasteiger partial charge in [0, 0.05) is 11.8 Å². The highest BCUT2D eigenvalue weighted by atomic mass is 32.2. The van der Waals surface area contributed by atoms with Crippen LogP contribution >= 0.6 is 11.8 Å². The Balaban J connectivity index is 2.37. The molecule has 0 radical (unpaired) electrons. The SMILES string of the molecule is CCCNC(=O)N1C(=O)N(c2ccccc2)C(=O)C1C(C)SC. The summed E-state index contributed by atoms with van der Waals surface area (Å²) in [6, 6.07) is 6.77. The minimum atomic E-state index is -0.797. The Labute approximate surface area is 140 Å². The summed E-state index contributed by atoms with van der Waals surface area (Å²) < 4.78 is 0. The van der Waals surface area contributed by atoms with Gasteiger partial charge in [0.2, 0.25) is 0 Å². The summed E-state index contributed by atoms with van der Waals surface area (Å²) in [5, 5.41) is 2.50. The van der Waals surface area contributed by atoms with E-state index in [2.05, 4.69) is 5.32 Å². The van der Waals surface area contributed by atoms with E-state index in [1.807, 2.05) is 26.2 Å². The standard InChI is InChI=1S/C16H21N3O3S/c1-4-10-17-15(21)19-13(11(2)23-3)14(20)18(16(19)22)12-8-6-5-7-9-12/h5-9,11,13H,4,10H2,1-3H3,(H,17,21). The number of nitrogens with one attached hydrogen (secondary N) is 1. The zero-order chi connectivity index (χ0) is 17.0. The van der Waals surface area contributed by atoms with Crippen molar-refractivity contribution in [3.05, 3.63) is 30.3 Å². The lowest BCUT2D eigenvalue weighted by Gasteiger charge is -2.23. The summed E-state index contributed by atoms with van der Waals surface area (Å²) in [4.78, 5) is 40.0. The predicted octanol–water partition coefficient (Wildman–Crippen LogP) is 2.69. The van der Waals surface area contributed by atoms with Gasteiger partial charge in [-0.15, -0.1) is 0 Å². The van der Waals surface area contributed by atoms with Crippen LogP contribution in [0.25, 0.3) is 0 Å². The summed E-state index contributed by atoms with van der Waals surface area (Å²) in [6.07, 6.45) is 2.61. The van der Waals surface area contributed by atoms with Crippen LogP contribution in [0.5, 0.6) is 0 Å². The van der Waals surface area contributed by atoms with E-state index < -0.39 is 18.1 Å². The van der Waals surface area contributed by atoms with Gasteiger partial charge < -0.3 is 5.32 Å². The zero-order valence-corrected chi connectivity index (χ0v) is 14.3. The molecule has 1 saturated heterocycles. The molecule has 23 heavy (non-hydrogen) atoms. The van der Waals surface area contributed by atoms with E-state index in [4.69, 9.17) is 0 Å². The highest BCUT2D eigenvalue weighted by Gasteiger charge is 2.51. The number of hydrogen-bond donors (Lipinski definition) is 1. The highest BCUT2D eigenvalue weighted by molar-refractivity contribution is 7.99. The molecule has 1 heterocycles. The Morgan fingerprint density at radius 3 is 2.52 bits per heavy atom. The molecule has 2 rings (SSSR count). The second-order valence-electron chi connectivity index (χ2n) is 5.28. The molecule has 2 atom stereocenters. The van der Waals surface area contributed by atoms with Crippen LogP contribution in [0, 0.1) is 0 Å². The van der Waals surface area contributed by atoms with Gasteiger partial charge in [-0.25, -0.2) is 19.4 Å². The molecule has 1 aromatic rings. The molecule has 0 aromatic heterocycles. The van der Waals surface area contributed by atoms with E-state index in [1.54, 1.807) is 24.3 Å². The second kappa shape index (κ2) is 7.50. The maximum absolute atomic E-state index is 12.8. The molecule has 7 heteroatoms. The molecule has 124 valence electrons. The quantitative estimate of drug-likeness (QED) is 0.840. The van der Waals surface area contributed by atoms with Crippen LogP contribution in [0.2, 0.25) is 0 Å². The summed E-state index contributed by atoms with van der Waals surface area (Å²) in [5.41, 5.74) is 0.478. The van der Waals surface area contributed by atoms with Crippen LogP contribution < -0.4 is 10.2 Å². The van der Waals surface area contributed by atoms with E-state index in [0.717, 1.165) is 16.2 Å². The molecule has 0 aliphatic carbocycles. The number of anilines is 1. The minimum absolute atomic E-state index is 0.187. The number of thioether (sulfide) groups is 1. The third kappa shape index (κ3) is 3.34. The van der Waals surface area contributed by atoms with Gasteiger partial charge in [-0.2, -0.15) is 11.8 Å². The molecule has 0 spiro atoms. The fraction of sp³-hybridized carbons (Fsp3) is 0.438. The van der Waals surface area contributed by atoms with Crippen LogP contribution in [0.15, 0.2) is 30.3 Å². The van der Waals surface area contributed by atoms with E-state index in [1.165, 1.54) is 11.8 Å². The smallest absolute Gasteiger partial charge is 0.338 e. The first-order chi connectivity index (χ1) is 11.0. The van der Waals surface area contributed by atoms with E-state index >= 15 is 0 Å². The van der Waals surface area contributed by atoms with E-state index in [9.17, 15) is 14.4 Å². The monoisotopic (exact) mass is 335 g/mol. The Morgan fingerprint density at radius 1 is 1.30 bits per heavy atom. The Morgan fingerprint density at radius 2 is 1.96 bits per heavy atom. The molecule has 0 bridgehead atoms. The first kappa shape index (κ1) is 17.3. The maximum Gasteiger partial charge on any atom is 0.340 e. The maximum atomic E-state index is 12.8. The van der Waals surface area contributed by atoms with Crippen LogP contribution in [-0.2, 0) is 4.79 Å². The number of nitrogens with zero attached hydrogens (tertiary/aromatic N) is 2. The molecule has 1 aliphatic heterocycles. The number of amides is 5. The number of imide groups is 2. The number of para-hydroxylation sites is 1. The van der Waals surface area contributed by atoms with Crippen molar-refractivity contribution in [2.75, 3.05) is 17.7 Å². The van der Waals surface area contributed by atoms with Crippen molar-refractivity contribution < 1.29 is 14.4 Å². The summed E-state index contributed by atoms with van der Waals surface area (Å²) in [5.74, 6) is -0.366. The normalized spacial score (nSPS) is 19.2. The third-order valence-electron chi connectivity index (χ3n) is 3.72. The predicted molar refractivity (Wildman–Crippen MR) is 91.6 cm³/mol. The van der Waals surface area contributed by atoms with Crippen molar-refractivity contribution in [3.8, 4) is 0 Å². The third-order valence-corrected chi connectivity index (χ3v) is 4.73. The van der Waals surface area contributed by atoms with Crippen LogP contribution in [0.1, 0.15) is 20.3 Å². The number of benzene rings is 1. The number of carbonyl (C=O) groups is 3. The van der Waals surface area contributed by atoms with E-state index in [-0.39, 0.29) is 11.2 Å². The first-order valence-corrected chi connectivity index (χ1v) is 8.84. The van der Waals surface area contributed by atoms with Crippen molar-refractivity contribution in [3.63, 3.8) is 0 Å². The average Bonchev–Trinajstić information content (AvgIpc) is 2.83. The molecule has 2 unspecified atom stereocenters. The summed E-state index contributed by atoms with van der Waals surface area (Å²) in [6.45, 7) is 4.23. The van der Waals surface area contributed by atoms with Crippen molar-refractivity contribution in [1.29, 1.82) is 0 Å². The topological polar surface area (TPSA) is 69.7 Å². The fourth-order valence-electron chi connectivity index (χ4n) is 2.45. The van der Waals surface area contributed by atoms with Gasteiger partial charge in [-0.05, 0) is 24.8 Å². The van der Waals surface area contributed by atoms with E-state index in [0.29, 0.717) is 12.2 Å². The minimum Gasteiger partial charge on any atom is -0.338 e. The van der Waals surface area contributed by atoms with Crippen LogP contribution in [-0.4, -0.2) is 47.0 Å². The lowest BCUT2D eigenvalue weighted by molar-refractivity contribution is -0.119. The molecule has 6 nitrogen and oxygen atoms in total. The fourth-order valence-corrected chi connectivity index (χ4v) is 2.94. The van der Waals surface area contributed by atoms with Gasteiger partial charge in [-0.3, -0.25) is 4.79 Å². The zero-order valence-electron chi connectivity index (χ0n) is 13.5. The van der Waals surface area contributed by atoms with Gasteiger partial charge >= 0.3 is 12.1 Å². The molecule has 5 amide bonds. The summed E-state index contributed by atoms with van der Waals surface area (Å²) in [7, 11) is 0. The van der Waals surface area contributed by atoms with Gasteiger partial charge in [-0.1, -0.05) is 32.0 Å². The second-order valence-corrected chi connectivity index (χ2v) is 6.49. The van der Waals surface area contributed by atoms with Gasteiger partial charge in [0.25, 0.3) is 5.91 Å². The number of rotatable bonds is 5. The number of hydrogen-bond acceptors (Lipinski definition) is 4. The summed E-state index contributed by atoms with van der Waals surface area (Å²) >= 11 is 1.45. The molecule has 1 N–H and O–H groups in total. The highest BCUT2D eigenvalue weighted by Crippen LogP contribution is 2.29. The number of urea groups is 2. The molecular formula is C16H21N3O3S.